The van der Waals surface area contributed by atoms with Crippen LogP contribution in [0.1, 0.15) is 67.7 Å². The van der Waals surface area contributed by atoms with Crippen LogP contribution in [0.4, 0.5) is 0 Å². The smallest absolute Gasteiger partial charge is 0.136 e. The molecule has 0 bridgehead atoms. The number of furan rings is 1. The monoisotopic (exact) mass is 680 g/mol. The Balaban J connectivity index is 1.36. The van der Waals surface area contributed by atoms with Crippen LogP contribution < -0.4 is 0 Å². The van der Waals surface area contributed by atoms with E-state index in [1.54, 1.807) is 0 Å². The van der Waals surface area contributed by atoms with Crippen molar-refractivity contribution in [1.29, 1.82) is 0 Å². The van der Waals surface area contributed by atoms with Gasteiger partial charge in [0.05, 0.1) is 38.4 Å². The highest BCUT2D eigenvalue weighted by Gasteiger charge is 2.25. The highest BCUT2D eigenvalue weighted by molar-refractivity contribution is 6.22. The molecule has 0 spiro atoms. The van der Waals surface area contributed by atoms with Gasteiger partial charge in [0.15, 0.2) is 0 Å². The maximum absolute atomic E-state index is 9.96. The maximum Gasteiger partial charge on any atom is 0.136 e. The van der Waals surface area contributed by atoms with E-state index < -0.39 is 292 Å². The normalized spacial score (nSPS) is 24.3. The van der Waals surface area contributed by atoms with Gasteiger partial charge in [-0.3, -0.25) is 0 Å². The third kappa shape index (κ3) is 4.22. The fraction of sp³-hybridized carbons (Fsp3) is 0.0400. The Hall–Kier alpha value is -6.44. The van der Waals surface area contributed by atoms with Crippen molar-refractivity contribution in [2.24, 2.45) is 0 Å². The molecule has 0 aliphatic heterocycles. The van der Waals surface area contributed by atoms with Crippen LogP contribution in [-0.2, 0) is 0 Å². The molecule has 0 amide bonds. The Kier molecular flexibility index (Phi) is 2.38. The molecule has 51 heavy (non-hydrogen) atoms. The van der Waals surface area contributed by atoms with Crippen LogP contribution >= 0.6 is 0 Å². The van der Waals surface area contributed by atoms with Gasteiger partial charge in [0.25, 0.3) is 0 Å². The molecule has 0 N–H and O–H groups in total. The second kappa shape index (κ2) is 10.8. The lowest BCUT2D eigenvalue weighted by atomic mass is 9.85. The molecule has 1 unspecified atom stereocenters. The summed E-state index contributed by atoms with van der Waals surface area (Å²) in [4.78, 5) is 0. The molecule has 1 heteroatoms. The van der Waals surface area contributed by atoms with Gasteiger partial charge in [0, 0.05) is 22.1 Å². The molecule has 0 radical (unpaired) electrons. The lowest BCUT2D eigenvalue weighted by molar-refractivity contribution is 0.669. The van der Waals surface area contributed by atoms with E-state index in [0.29, 0.717) is 0 Å². The number of hydrogen-bond donors (Lipinski definition) is 0. The molecule has 11 rings (SSSR count). The second-order valence-corrected chi connectivity index (χ2v) is 11.4. The predicted molar refractivity (Wildman–Crippen MR) is 215 cm³/mol. The van der Waals surface area contributed by atoms with Gasteiger partial charge in [-0.2, -0.15) is 0 Å². The standard InChI is InChI=1S/C50H32O/c1-30-37-15-4-5-16-39(37)44-26-34(21-23-38(30)44)31-13-10-14-35(25-31)49-40-17-6-8-19-42(40)50(43-20-9-7-18-41(43)49)36-22-24-47-45(28-36)46-27-32-11-2-3-12-33(32)29-48(46)51-47/h2-30H,1H3/i1D3,2D,3D,4D,5D,6D,7D,8D,9D,10D,11D,12D,13D,14D,15D,16D,17D,18D,19D,20D,21D,22D,23D,24D,25D,26D,27D,28D,29D,30D. The molecule has 0 saturated carbocycles. The lowest BCUT2D eigenvalue weighted by Crippen LogP contribution is -1.91. The molecule has 0 fully saturated rings. The minimum absolute atomic E-state index is 0.477. The molecule has 10 aromatic rings. The number of hydrogen-bond acceptors (Lipinski definition) is 1. The minimum atomic E-state index is -3.57. The summed E-state index contributed by atoms with van der Waals surface area (Å²) < 4.78 is 296. The van der Waals surface area contributed by atoms with E-state index in [4.69, 9.17) is 26.3 Å². The summed E-state index contributed by atoms with van der Waals surface area (Å²) in [6, 6.07) is -28.1. The Morgan fingerprint density at radius 2 is 1.00 bits per heavy atom. The first-order chi connectivity index (χ1) is 38.5. The Labute approximate surface area is 341 Å². The molecule has 238 valence electrons. The van der Waals surface area contributed by atoms with Gasteiger partial charge in [-0.15, -0.1) is 0 Å². The predicted octanol–water partition coefficient (Wildman–Crippen LogP) is 14.2. The van der Waals surface area contributed by atoms with Crippen molar-refractivity contribution in [3.63, 3.8) is 0 Å². The molecule has 1 nitrogen and oxygen atoms in total. The maximum atomic E-state index is 9.96. The first-order valence-corrected chi connectivity index (χ1v) is 15.2. The summed E-state index contributed by atoms with van der Waals surface area (Å²) in [6.45, 7) is -3.57. The third-order valence-corrected chi connectivity index (χ3v) is 8.64. The van der Waals surface area contributed by atoms with E-state index in [1.165, 1.54) is 0 Å². The first-order valence-electron chi connectivity index (χ1n) is 31.2. The molecule has 1 aromatic heterocycles. The fourth-order valence-electron chi connectivity index (χ4n) is 6.42. The summed E-state index contributed by atoms with van der Waals surface area (Å²) in [5.41, 5.74) is -10.1. The van der Waals surface area contributed by atoms with Crippen LogP contribution in [0.3, 0.4) is 0 Å². The van der Waals surface area contributed by atoms with Crippen LogP contribution in [0.25, 0.3) is 98.8 Å². The lowest BCUT2D eigenvalue weighted by Gasteiger charge is -2.18. The molecule has 1 heterocycles. The van der Waals surface area contributed by atoms with E-state index in [2.05, 4.69) is 0 Å². The zero-order chi connectivity index (χ0) is 61.4. The van der Waals surface area contributed by atoms with E-state index in [-0.39, 0.29) is 0 Å². The summed E-state index contributed by atoms with van der Waals surface area (Å²) in [5, 5.41) is -5.38. The summed E-state index contributed by atoms with van der Waals surface area (Å²) in [7, 11) is 0. The third-order valence-electron chi connectivity index (χ3n) is 8.64. The van der Waals surface area contributed by atoms with Gasteiger partial charge in [-0.05, 0) is 124 Å². The highest BCUT2D eigenvalue weighted by atomic mass is 16.3. The SMILES string of the molecule is [2H]c1c([2H])c(-c2c([2H])c([2H])c3c(c2[2H])-c2c([2H])c([2H])c([2H])c([2H])c2C3([2H])C([2H])([2H])[2H])c([2H])c(-c2c3c([2H])c([2H])c([2H])c([2H])c3c(-c3c([2H])c([2H])c4oc5c([2H])c6c([2H])c([2H])c([2H])c([2H])c6c([2H])c5c4c3[2H])c3c([2H])c([2H])c([2H])c([2H])c23)c1[2H]. The number of fused-ring (bicyclic) bond motifs is 9. The number of rotatable bonds is 3. The molecule has 9 aromatic carbocycles. The zero-order valence-electron chi connectivity index (χ0n) is 57.4. The van der Waals surface area contributed by atoms with Crippen LogP contribution in [0.5, 0.6) is 0 Å². The van der Waals surface area contributed by atoms with Crippen molar-refractivity contribution < 1.29 is 48.3 Å². The highest BCUT2D eigenvalue weighted by Crippen LogP contribution is 2.48. The minimum Gasteiger partial charge on any atom is -0.456 e. The van der Waals surface area contributed by atoms with Crippen molar-refractivity contribution >= 4 is 54.3 Å². The Bertz CT molecular complexity index is 4740. The largest absolute Gasteiger partial charge is 0.456 e. The average Bonchev–Trinajstić information content (AvgIpc) is 3.73. The second-order valence-electron chi connectivity index (χ2n) is 11.4. The summed E-state index contributed by atoms with van der Waals surface area (Å²) >= 11 is 0. The van der Waals surface area contributed by atoms with Crippen LogP contribution in [0, 0.1) is 0 Å². The molecular weight excluding hydrogens is 617 g/mol. The first kappa shape index (κ1) is 11.3. The van der Waals surface area contributed by atoms with E-state index >= 15 is 0 Å². The molecular formula is C50H32O. The van der Waals surface area contributed by atoms with E-state index in [9.17, 15) is 21.9 Å². The van der Waals surface area contributed by atoms with Crippen LogP contribution in [-0.4, -0.2) is 0 Å². The van der Waals surface area contributed by atoms with Gasteiger partial charge in [0.2, 0.25) is 0 Å². The van der Waals surface area contributed by atoms with Gasteiger partial charge >= 0.3 is 0 Å². The molecule has 1 aliphatic carbocycles. The Morgan fingerprint density at radius 1 is 0.431 bits per heavy atom. The van der Waals surface area contributed by atoms with Crippen molar-refractivity contribution in [3.05, 3.63) is 180 Å². The molecule has 0 saturated heterocycles. The van der Waals surface area contributed by atoms with E-state index in [0.717, 1.165) is 0 Å². The zero-order valence-corrected chi connectivity index (χ0v) is 25.4. The van der Waals surface area contributed by atoms with Gasteiger partial charge in [-0.25, -0.2) is 0 Å². The van der Waals surface area contributed by atoms with Gasteiger partial charge in [-0.1, -0.05) is 140 Å². The van der Waals surface area contributed by atoms with Gasteiger partial charge in [0.1, 0.15) is 11.2 Å². The van der Waals surface area contributed by atoms with Gasteiger partial charge < -0.3 is 4.42 Å². The average molecular weight is 681 g/mol. The Morgan fingerprint density at radius 3 is 1.75 bits per heavy atom. The number of benzene rings is 9. The van der Waals surface area contributed by atoms with Crippen molar-refractivity contribution in [2.45, 2.75) is 12.7 Å². The van der Waals surface area contributed by atoms with Crippen molar-refractivity contribution in [3.8, 4) is 44.5 Å². The molecule has 1 aliphatic rings. The molecule has 1 atom stereocenters. The van der Waals surface area contributed by atoms with Crippen LogP contribution in [0.15, 0.2) is 174 Å². The van der Waals surface area contributed by atoms with Crippen LogP contribution in [0.2, 0.25) is 0 Å². The van der Waals surface area contributed by atoms with Crippen molar-refractivity contribution in [1.82, 2.24) is 0 Å². The summed E-state index contributed by atoms with van der Waals surface area (Å²) in [6.07, 6.45) is 0. The topological polar surface area (TPSA) is 13.1 Å². The van der Waals surface area contributed by atoms with Crippen molar-refractivity contribution in [2.75, 3.05) is 0 Å². The summed E-state index contributed by atoms with van der Waals surface area (Å²) in [5.74, 6) is -3.25. The fourth-order valence-corrected chi connectivity index (χ4v) is 6.42. The quantitative estimate of drug-likeness (QED) is 0.169. The van der Waals surface area contributed by atoms with E-state index in [1.807, 2.05) is 0 Å².